The van der Waals surface area contributed by atoms with E-state index in [9.17, 15) is 8.42 Å². The molecule has 0 aromatic rings. The van der Waals surface area contributed by atoms with Crippen molar-refractivity contribution in [1.29, 1.82) is 0 Å². The molecule has 0 aromatic heterocycles. The van der Waals surface area contributed by atoms with Gasteiger partial charge in [0.2, 0.25) is 10.0 Å². The van der Waals surface area contributed by atoms with Crippen LogP contribution in [-0.2, 0) is 10.0 Å². The average Bonchev–Trinajstić information content (AvgIpc) is 2.32. The van der Waals surface area contributed by atoms with Crippen molar-refractivity contribution in [2.24, 2.45) is 5.84 Å². The number of hydrogen-bond donors (Lipinski definition) is 2. The van der Waals surface area contributed by atoms with Crippen LogP contribution in [0.25, 0.3) is 0 Å². The lowest BCUT2D eigenvalue weighted by molar-refractivity contribution is 0.464. The third-order valence-corrected chi connectivity index (χ3v) is 3.13. The summed E-state index contributed by atoms with van der Waals surface area (Å²) in [6.07, 6.45) is 2.01. The Kier molecular flexibility index (Phi) is 2.48. The number of nitrogens with zero attached hydrogens (tertiary/aromatic N) is 1. The predicted molar refractivity (Wildman–Crippen MR) is 42.1 cm³/mol. The zero-order valence-electron chi connectivity index (χ0n) is 6.45. The highest BCUT2D eigenvalue weighted by Gasteiger charge is 2.27. The monoisotopic (exact) mass is 179 g/mol. The van der Waals surface area contributed by atoms with Gasteiger partial charge in [-0.15, -0.1) is 0 Å². The highest BCUT2D eigenvalue weighted by Crippen LogP contribution is 2.11. The molecular weight excluding hydrogens is 166 g/mol. The summed E-state index contributed by atoms with van der Waals surface area (Å²) in [5.41, 5.74) is 2.56. The summed E-state index contributed by atoms with van der Waals surface area (Å²) in [6.45, 7) is 1.07. The number of hydrogen-bond acceptors (Lipinski definition) is 4. The molecule has 5 nitrogen and oxygen atoms in total. The molecule has 1 aliphatic rings. The highest BCUT2D eigenvalue weighted by molar-refractivity contribution is 7.88. The SMILES string of the molecule is CS(=O)(=O)N1CC[C@@H](NN)C1. The quantitative estimate of drug-likeness (QED) is 0.399. The first kappa shape index (κ1) is 8.92. The van der Waals surface area contributed by atoms with Crippen molar-refractivity contribution in [1.82, 2.24) is 9.73 Å². The molecular formula is C5H13N3O2S. The first-order chi connectivity index (χ1) is 5.04. The number of hydrazine groups is 1. The van der Waals surface area contributed by atoms with Gasteiger partial charge in [-0.3, -0.25) is 11.3 Å². The molecule has 0 saturated carbocycles. The van der Waals surface area contributed by atoms with E-state index in [1.54, 1.807) is 0 Å². The first-order valence-corrected chi connectivity index (χ1v) is 5.30. The molecule has 66 valence electrons. The number of sulfonamides is 1. The minimum Gasteiger partial charge on any atom is -0.271 e. The van der Waals surface area contributed by atoms with Crippen molar-refractivity contribution in [3.63, 3.8) is 0 Å². The summed E-state index contributed by atoms with van der Waals surface area (Å²) in [4.78, 5) is 0. The van der Waals surface area contributed by atoms with Crippen LogP contribution in [-0.4, -0.2) is 38.1 Å². The summed E-state index contributed by atoms with van der Waals surface area (Å²) >= 11 is 0. The van der Waals surface area contributed by atoms with Gasteiger partial charge in [-0.05, 0) is 6.42 Å². The molecule has 0 radical (unpaired) electrons. The molecule has 1 atom stereocenters. The van der Waals surface area contributed by atoms with Gasteiger partial charge in [0.15, 0.2) is 0 Å². The van der Waals surface area contributed by atoms with Gasteiger partial charge < -0.3 is 0 Å². The van der Waals surface area contributed by atoms with Crippen LogP contribution in [0.1, 0.15) is 6.42 Å². The van der Waals surface area contributed by atoms with Crippen molar-refractivity contribution in [3.8, 4) is 0 Å². The van der Waals surface area contributed by atoms with Crippen LogP contribution in [0.5, 0.6) is 0 Å². The lowest BCUT2D eigenvalue weighted by Gasteiger charge is -2.12. The predicted octanol–water partition coefficient (Wildman–Crippen LogP) is -1.52. The largest absolute Gasteiger partial charge is 0.271 e. The van der Waals surface area contributed by atoms with E-state index in [1.807, 2.05) is 0 Å². The normalized spacial score (nSPS) is 27.6. The zero-order valence-corrected chi connectivity index (χ0v) is 7.26. The Bertz CT molecular complexity index is 226. The molecule has 0 unspecified atom stereocenters. The van der Waals surface area contributed by atoms with E-state index in [0.29, 0.717) is 13.1 Å². The van der Waals surface area contributed by atoms with Gasteiger partial charge in [0.05, 0.1) is 6.26 Å². The van der Waals surface area contributed by atoms with Crippen molar-refractivity contribution in [2.75, 3.05) is 19.3 Å². The van der Waals surface area contributed by atoms with Crippen molar-refractivity contribution < 1.29 is 8.42 Å². The van der Waals surface area contributed by atoms with Crippen molar-refractivity contribution >= 4 is 10.0 Å². The number of nitrogens with two attached hydrogens (primary N) is 1. The first-order valence-electron chi connectivity index (χ1n) is 3.45. The highest BCUT2D eigenvalue weighted by atomic mass is 32.2. The fourth-order valence-electron chi connectivity index (χ4n) is 1.17. The van der Waals surface area contributed by atoms with Crippen molar-refractivity contribution in [2.45, 2.75) is 12.5 Å². The Hall–Kier alpha value is -0.170. The van der Waals surface area contributed by atoms with Crippen LogP contribution in [0.15, 0.2) is 0 Å². The minimum atomic E-state index is -3.01. The van der Waals surface area contributed by atoms with E-state index in [2.05, 4.69) is 5.43 Å². The molecule has 1 saturated heterocycles. The Morgan fingerprint density at radius 3 is 2.55 bits per heavy atom. The lowest BCUT2D eigenvalue weighted by Crippen LogP contribution is -2.38. The third kappa shape index (κ3) is 2.13. The molecule has 1 heterocycles. The number of nitrogens with one attached hydrogen (secondary N) is 1. The third-order valence-electron chi connectivity index (χ3n) is 1.86. The van der Waals surface area contributed by atoms with Crippen LogP contribution in [0.2, 0.25) is 0 Å². The van der Waals surface area contributed by atoms with E-state index in [0.717, 1.165) is 6.42 Å². The minimum absolute atomic E-state index is 0.115. The maximum absolute atomic E-state index is 11.0. The van der Waals surface area contributed by atoms with Crippen LogP contribution >= 0.6 is 0 Å². The maximum Gasteiger partial charge on any atom is 0.211 e. The van der Waals surface area contributed by atoms with E-state index in [1.165, 1.54) is 10.6 Å². The maximum atomic E-state index is 11.0. The Morgan fingerprint density at radius 1 is 1.64 bits per heavy atom. The second-order valence-electron chi connectivity index (χ2n) is 2.77. The second-order valence-corrected chi connectivity index (χ2v) is 4.76. The molecule has 0 aliphatic carbocycles. The van der Waals surface area contributed by atoms with Gasteiger partial charge in [0, 0.05) is 19.1 Å². The molecule has 11 heavy (non-hydrogen) atoms. The molecule has 1 rings (SSSR count). The van der Waals surface area contributed by atoms with Gasteiger partial charge in [-0.25, -0.2) is 12.7 Å². The van der Waals surface area contributed by atoms with Gasteiger partial charge >= 0.3 is 0 Å². The molecule has 1 fully saturated rings. The van der Waals surface area contributed by atoms with Crippen LogP contribution in [0.4, 0.5) is 0 Å². The molecule has 3 N–H and O–H groups in total. The lowest BCUT2D eigenvalue weighted by atomic mass is 10.3. The van der Waals surface area contributed by atoms with Gasteiger partial charge in [0.1, 0.15) is 0 Å². The average molecular weight is 179 g/mol. The summed E-state index contributed by atoms with van der Waals surface area (Å²) in [5, 5.41) is 0. The molecule has 1 aliphatic heterocycles. The topological polar surface area (TPSA) is 75.4 Å². The fraction of sp³-hybridized carbons (Fsp3) is 1.00. The smallest absolute Gasteiger partial charge is 0.211 e. The van der Waals surface area contributed by atoms with E-state index in [4.69, 9.17) is 5.84 Å². The van der Waals surface area contributed by atoms with E-state index < -0.39 is 10.0 Å². The Balaban J connectivity index is 2.55. The molecule has 0 bridgehead atoms. The van der Waals surface area contributed by atoms with Gasteiger partial charge in [0.25, 0.3) is 0 Å². The zero-order chi connectivity index (χ0) is 8.48. The molecule has 6 heteroatoms. The van der Waals surface area contributed by atoms with Gasteiger partial charge in [-0.1, -0.05) is 0 Å². The fourth-order valence-corrected chi connectivity index (χ4v) is 2.05. The molecule has 0 amide bonds. The van der Waals surface area contributed by atoms with Crippen molar-refractivity contribution in [3.05, 3.63) is 0 Å². The van der Waals surface area contributed by atoms with E-state index >= 15 is 0 Å². The standard InChI is InChI=1S/C5H13N3O2S/c1-11(9,10)8-3-2-5(4-8)7-6/h5,7H,2-4,6H2,1H3/t5-/m1/s1. The van der Waals surface area contributed by atoms with E-state index in [-0.39, 0.29) is 6.04 Å². The summed E-state index contributed by atoms with van der Waals surface area (Å²) < 4.78 is 23.3. The number of rotatable bonds is 2. The summed E-state index contributed by atoms with van der Waals surface area (Å²) in [6, 6.07) is 0.115. The summed E-state index contributed by atoms with van der Waals surface area (Å²) in [7, 11) is -3.01. The summed E-state index contributed by atoms with van der Waals surface area (Å²) in [5.74, 6) is 5.17. The van der Waals surface area contributed by atoms with Crippen LogP contribution < -0.4 is 11.3 Å². The van der Waals surface area contributed by atoms with Crippen LogP contribution in [0.3, 0.4) is 0 Å². The second kappa shape index (κ2) is 3.06. The molecule has 0 aromatic carbocycles. The van der Waals surface area contributed by atoms with Gasteiger partial charge in [-0.2, -0.15) is 0 Å². The molecule has 0 spiro atoms. The Morgan fingerprint density at radius 2 is 2.27 bits per heavy atom. The van der Waals surface area contributed by atoms with Crippen LogP contribution in [0, 0.1) is 0 Å². The Labute approximate surface area is 66.6 Å².